The third kappa shape index (κ3) is 3.12. The van der Waals surface area contributed by atoms with E-state index in [0.717, 1.165) is 21.8 Å². The first-order chi connectivity index (χ1) is 12.4. The molecule has 2 aromatic heterocycles. The average molecular weight is 361 g/mol. The van der Waals surface area contributed by atoms with Crippen LogP contribution in [0.5, 0.6) is 0 Å². The average Bonchev–Trinajstić information content (AvgIpc) is 2.57. The zero-order valence-corrected chi connectivity index (χ0v) is 13.5. The molecular weight excluding hydrogens is 347 g/mol. The van der Waals surface area contributed by atoms with Crippen molar-refractivity contribution in [1.82, 2.24) is 19.7 Å². The van der Waals surface area contributed by atoms with E-state index in [-0.39, 0.29) is 12.5 Å². The summed E-state index contributed by atoms with van der Waals surface area (Å²) >= 11 is 0. The second-order valence-corrected chi connectivity index (χ2v) is 6.22. The largest absolute Gasteiger partial charge is 0.435 e. The first-order valence-corrected chi connectivity index (χ1v) is 8.02. The molecule has 0 atom stereocenters. The fraction of sp³-hybridized carbons (Fsp3) is 0.294. The van der Waals surface area contributed by atoms with Crippen LogP contribution in [0.2, 0.25) is 0 Å². The van der Waals surface area contributed by atoms with Crippen LogP contribution in [0.4, 0.5) is 19.0 Å². The van der Waals surface area contributed by atoms with Gasteiger partial charge >= 0.3 is 6.18 Å². The maximum atomic E-state index is 12.7. The van der Waals surface area contributed by atoms with E-state index in [4.69, 9.17) is 0 Å². The molecule has 0 radical (unpaired) electrons. The molecule has 0 aliphatic carbocycles. The van der Waals surface area contributed by atoms with Gasteiger partial charge in [0.2, 0.25) is 0 Å². The Morgan fingerprint density at radius 2 is 1.81 bits per heavy atom. The Bertz CT molecular complexity index is 1010. The molecule has 1 aromatic carbocycles. The van der Waals surface area contributed by atoms with Crippen LogP contribution in [-0.2, 0) is 12.7 Å². The second kappa shape index (κ2) is 6.08. The number of hydrogen-bond acceptors (Lipinski definition) is 5. The molecule has 1 saturated heterocycles. The summed E-state index contributed by atoms with van der Waals surface area (Å²) in [5.74, 6) is 0.737. The highest BCUT2D eigenvalue weighted by Gasteiger charge is 2.34. The van der Waals surface area contributed by atoms with Crippen LogP contribution in [0.15, 0.2) is 47.4 Å². The highest BCUT2D eigenvalue weighted by molar-refractivity contribution is 5.75. The minimum Gasteiger partial charge on any atom is -0.354 e. The van der Waals surface area contributed by atoms with Crippen molar-refractivity contribution >= 4 is 16.9 Å². The maximum Gasteiger partial charge on any atom is 0.435 e. The number of benzene rings is 1. The number of para-hydroxylation sites is 2. The number of hydrogen-bond donors (Lipinski definition) is 0. The van der Waals surface area contributed by atoms with Gasteiger partial charge in [-0.2, -0.15) is 18.3 Å². The van der Waals surface area contributed by atoms with Gasteiger partial charge in [-0.05, 0) is 18.2 Å². The summed E-state index contributed by atoms with van der Waals surface area (Å²) in [5.41, 5.74) is -0.0205. The molecular formula is C17H14F3N5O. The van der Waals surface area contributed by atoms with E-state index in [2.05, 4.69) is 15.1 Å². The van der Waals surface area contributed by atoms with Crippen LogP contribution in [0.25, 0.3) is 11.0 Å². The van der Waals surface area contributed by atoms with Gasteiger partial charge in [-0.15, -0.1) is 0 Å². The molecule has 134 valence electrons. The standard InChI is InChI=1S/C17H14F3N5O/c18-17(19,20)14-5-6-16(26)25(23-14)10-11-8-24(9-11)15-7-21-12-3-1-2-4-13(12)22-15/h1-7,11H,8-10H2. The number of halogens is 3. The van der Waals surface area contributed by atoms with E-state index in [1.165, 1.54) is 0 Å². The SMILES string of the molecule is O=c1ccc(C(F)(F)F)nn1CC1CN(c2cnc3ccccc3n2)C1. The number of aromatic nitrogens is 4. The van der Waals surface area contributed by atoms with Gasteiger partial charge in [0, 0.05) is 25.1 Å². The van der Waals surface area contributed by atoms with Gasteiger partial charge in [0.1, 0.15) is 5.82 Å². The van der Waals surface area contributed by atoms with E-state index in [1.54, 1.807) is 6.20 Å². The summed E-state index contributed by atoms with van der Waals surface area (Å²) in [6.07, 6.45) is -2.89. The lowest BCUT2D eigenvalue weighted by Gasteiger charge is -2.40. The lowest BCUT2D eigenvalue weighted by molar-refractivity contribution is -0.142. The molecule has 3 aromatic rings. The van der Waals surface area contributed by atoms with Crippen molar-refractivity contribution in [2.75, 3.05) is 18.0 Å². The highest BCUT2D eigenvalue weighted by Crippen LogP contribution is 2.27. The maximum absolute atomic E-state index is 12.7. The van der Waals surface area contributed by atoms with Crippen LogP contribution in [0.3, 0.4) is 0 Å². The Labute approximate surface area is 145 Å². The number of rotatable bonds is 3. The topological polar surface area (TPSA) is 63.9 Å². The molecule has 1 aliphatic heterocycles. The number of anilines is 1. The van der Waals surface area contributed by atoms with Crippen LogP contribution < -0.4 is 10.5 Å². The van der Waals surface area contributed by atoms with Crippen molar-refractivity contribution in [3.8, 4) is 0 Å². The molecule has 9 heteroatoms. The van der Waals surface area contributed by atoms with E-state index < -0.39 is 17.4 Å². The van der Waals surface area contributed by atoms with Crippen LogP contribution in [0, 0.1) is 5.92 Å². The zero-order valence-electron chi connectivity index (χ0n) is 13.5. The minimum atomic E-state index is -4.57. The Morgan fingerprint density at radius 1 is 1.08 bits per heavy atom. The Kier molecular flexibility index (Phi) is 3.86. The molecule has 0 unspecified atom stereocenters. The van der Waals surface area contributed by atoms with Gasteiger partial charge in [0.15, 0.2) is 5.69 Å². The Balaban J connectivity index is 1.46. The third-order valence-electron chi connectivity index (χ3n) is 4.31. The molecule has 6 nitrogen and oxygen atoms in total. The third-order valence-corrected chi connectivity index (χ3v) is 4.31. The first kappa shape index (κ1) is 16.5. The van der Waals surface area contributed by atoms with Crippen molar-refractivity contribution in [1.29, 1.82) is 0 Å². The van der Waals surface area contributed by atoms with Gasteiger partial charge in [-0.3, -0.25) is 9.78 Å². The molecule has 1 fully saturated rings. The van der Waals surface area contributed by atoms with E-state index in [1.807, 2.05) is 29.2 Å². The molecule has 1 aliphatic rings. The molecule has 26 heavy (non-hydrogen) atoms. The quantitative estimate of drug-likeness (QED) is 0.717. The summed E-state index contributed by atoms with van der Waals surface area (Å²) in [4.78, 5) is 22.6. The van der Waals surface area contributed by atoms with Gasteiger partial charge in [0.25, 0.3) is 5.56 Å². The molecule has 0 bridgehead atoms. The summed E-state index contributed by atoms with van der Waals surface area (Å²) in [7, 11) is 0. The summed E-state index contributed by atoms with van der Waals surface area (Å²) in [6.45, 7) is 1.30. The van der Waals surface area contributed by atoms with Crippen molar-refractivity contribution < 1.29 is 13.2 Å². The minimum absolute atomic E-state index is 0.0250. The molecule has 0 saturated carbocycles. The zero-order chi connectivity index (χ0) is 18.3. The van der Waals surface area contributed by atoms with Crippen molar-refractivity contribution in [3.63, 3.8) is 0 Å². The van der Waals surface area contributed by atoms with E-state index >= 15 is 0 Å². The van der Waals surface area contributed by atoms with E-state index in [9.17, 15) is 18.0 Å². The highest BCUT2D eigenvalue weighted by atomic mass is 19.4. The Hall–Kier alpha value is -2.97. The lowest BCUT2D eigenvalue weighted by Crippen LogP contribution is -2.50. The second-order valence-electron chi connectivity index (χ2n) is 6.22. The number of fused-ring (bicyclic) bond motifs is 1. The van der Waals surface area contributed by atoms with Gasteiger partial charge in [-0.25, -0.2) is 9.67 Å². The molecule has 0 N–H and O–H groups in total. The molecule has 0 spiro atoms. The van der Waals surface area contributed by atoms with Crippen LogP contribution >= 0.6 is 0 Å². The molecule has 0 amide bonds. The summed E-state index contributed by atoms with van der Waals surface area (Å²) in [5, 5.41) is 3.44. The van der Waals surface area contributed by atoms with Crippen LogP contribution in [0.1, 0.15) is 5.69 Å². The summed E-state index contributed by atoms with van der Waals surface area (Å²) in [6, 6.07) is 9.12. The van der Waals surface area contributed by atoms with E-state index in [0.29, 0.717) is 25.0 Å². The van der Waals surface area contributed by atoms with Crippen molar-refractivity contribution in [2.45, 2.75) is 12.7 Å². The van der Waals surface area contributed by atoms with Crippen molar-refractivity contribution in [3.05, 3.63) is 58.6 Å². The van der Waals surface area contributed by atoms with Gasteiger partial charge in [-0.1, -0.05) is 12.1 Å². The first-order valence-electron chi connectivity index (χ1n) is 8.02. The predicted molar refractivity (Wildman–Crippen MR) is 88.7 cm³/mol. The van der Waals surface area contributed by atoms with Crippen LogP contribution in [-0.4, -0.2) is 32.8 Å². The fourth-order valence-electron chi connectivity index (χ4n) is 2.95. The monoisotopic (exact) mass is 361 g/mol. The summed E-state index contributed by atoms with van der Waals surface area (Å²) < 4.78 is 39.1. The number of alkyl halides is 3. The predicted octanol–water partition coefficient (Wildman–Crippen LogP) is 2.34. The normalized spacial score (nSPS) is 15.3. The fourth-order valence-corrected chi connectivity index (χ4v) is 2.95. The molecule has 4 rings (SSSR count). The van der Waals surface area contributed by atoms with Gasteiger partial charge in [0.05, 0.1) is 23.8 Å². The lowest BCUT2D eigenvalue weighted by atomic mass is 10.0. The molecule has 3 heterocycles. The Morgan fingerprint density at radius 3 is 2.54 bits per heavy atom. The smallest absolute Gasteiger partial charge is 0.354 e. The van der Waals surface area contributed by atoms with Crippen molar-refractivity contribution in [2.24, 2.45) is 5.92 Å². The number of nitrogens with zero attached hydrogens (tertiary/aromatic N) is 5. The van der Waals surface area contributed by atoms with Gasteiger partial charge < -0.3 is 4.90 Å².